The number of carbonyl (C=O) groups is 2. The standard InChI is InChI=1S/C16H14F3N3O2/c1-22(2)15(24)12-9-20-8-7-13(12)21-14(23)10-3-5-11(6-4-10)16(17,18)19/h3-9H,1-2H3,(H,20,21,23). The fraction of sp³-hybridized carbons (Fsp3) is 0.188. The Bertz CT molecular complexity index is 756. The third-order valence-electron chi connectivity index (χ3n) is 3.18. The molecule has 0 saturated heterocycles. The SMILES string of the molecule is CN(C)C(=O)c1cnccc1NC(=O)c1ccc(C(F)(F)F)cc1. The van der Waals surface area contributed by atoms with Crippen molar-refractivity contribution in [3.8, 4) is 0 Å². The second kappa shape index (κ2) is 6.69. The fourth-order valence-corrected chi connectivity index (χ4v) is 1.92. The van der Waals surface area contributed by atoms with Crippen molar-refractivity contribution in [3.05, 3.63) is 59.4 Å². The number of aromatic nitrogens is 1. The molecule has 1 aromatic carbocycles. The highest BCUT2D eigenvalue weighted by molar-refractivity contribution is 6.08. The lowest BCUT2D eigenvalue weighted by Gasteiger charge is -2.14. The van der Waals surface area contributed by atoms with Gasteiger partial charge >= 0.3 is 6.18 Å². The van der Waals surface area contributed by atoms with Crippen LogP contribution < -0.4 is 5.32 Å². The predicted octanol–water partition coefficient (Wildman–Crippen LogP) is 3.05. The second-order valence-corrected chi connectivity index (χ2v) is 5.15. The summed E-state index contributed by atoms with van der Waals surface area (Å²) in [4.78, 5) is 29.4. The van der Waals surface area contributed by atoms with Crippen LogP contribution in [-0.2, 0) is 6.18 Å². The van der Waals surface area contributed by atoms with Crippen molar-refractivity contribution < 1.29 is 22.8 Å². The summed E-state index contributed by atoms with van der Waals surface area (Å²) in [5, 5.41) is 2.51. The highest BCUT2D eigenvalue weighted by Crippen LogP contribution is 2.29. The molecular formula is C16H14F3N3O2. The summed E-state index contributed by atoms with van der Waals surface area (Å²) < 4.78 is 37.6. The minimum absolute atomic E-state index is 0.0445. The van der Waals surface area contributed by atoms with Gasteiger partial charge in [-0.1, -0.05) is 0 Å². The molecule has 0 atom stereocenters. The van der Waals surface area contributed by atoms with Gasteiger partial charge in [0.1, 0.15) is 0 Å². The molecule has 8 heteroatoms. The van der Waals surface area contributed by atoms with Crippen molar-refractivity contribution in [2.24, 2.45) is 0 Å². The van der Waals surface area contributed by atoms with Crippen LogP contribution in [0.5, 0.6) is 0 Å². The molecule has 0 bridgehead atoms. The quantitative estimate of drug-likeness (QED) is 0.936. The Labute approximate surface area is 136 Å². The smallest absolute Gasteiger partial charge is 0.345 e. The molecule has 0 aliphatic rings. The minimum atomic E-state index is -4.47. The molecule has 0 aliphatic heterocycles. The molecule has 2 amide bonds. The number of pyridine rings is 1. The van der Waals surface area contributed by atoms with E-state index in [-0.39, 0.29) is 22.7 Å². The average Bonchev–Trinajstić information content (AvgIpc) is 2.54. The van der Waals surface area contributed by atoms with E-state index in [4.69, 9.17) is 0 Å². The molecule has 126 valence electrons. The van der Waals surface area contributed by atoms with E-state index in [2.05, 4.69) is 10.3 Å². The Balaban J connectivity index is 2.23. The van der Waals surface area contributed by atoms with E-state index in [0.29, 0.717) is 0 Å². The van der Waals surface area contributed by atoms with E-state index in [9.17, 15) is 22.8 Å². The summed E-state index contributed by atoms with van der Waals surface area (Å²) in [6.45, 7) is 0. The number of carbonyl (C=O) groups excluding carboxylic acids is 2. The molecule has 5 nitrogen and oxygen atoms in total. The highest BCUT2D eigenvalue weighted by atomic mass is 19.4. The minimum Gasteiger partial charge on any atom is -0.345 e. The Kier molecular flexibility index (Phi) is 4.87. The van der Waals surface area contributed by atoms with Gasteiger partial charge in [0.25, 0.3) is 11.8 Å². The normalized spacial score (nSPS) is 11.0. The second-order valence-electron chi connectivity index (χ2n) is 5.15. The van der Waals surface area contributed by atoms with Gasteiger partial charge in [0.2, 0.25) is 0 Å². The fourth-order valence-electron chi connectivity index (χ4n) is 1.92. The first-order chi connectivity index (χ1) is 11.2. The summed E-state index contributed by atoms with van der Waals surface area (Å²) in [5.74, 6) is -0.978. The Hall–Kier alpha value is -2.90. The van der Waals surface area contributed by atoms with Crippen molar-refractivity contribution >= 4 is 17.5 Å². The summed E-state index contributed by atoms with van der Waals surface area (Å²) >= 11 is 0. The van der Waals surface area contributed by atoms with Crippen LogP contribution >= 0.6 is 0 Å². The van der Waals surface area contributed by atoms with Crippen molar-refractivity contribution in [1.29, 1.82) is 0 Å². The zero-order chi connectivity index (χ0) is 17.9. The zero-order valence-electron chi connectivity index (χ0n) is 12.9. The van der Waals surface area contributed by atoms with Crippen LogP contribution in [-0.4, -0.2) is 35.8 Å². The van der Waals surface area contributed by atoms with Gasteiger partial charge in [-0.25, -0.2) is 0 Å². The first-order valence-electron chi connectivity index (χ1n) is 6.84. The number of halogens is 3. The lowest BCUT2D eigenvalue weighted by molar-refractivity contribution is -0.137. The van der Waals surface area contributed by atoms with Gasteiger partial charge in [-0.3, -0.25) is 14.6 Å². The molecular weight excluding hydrogens is 323 g/mol. The molecule has 0 unspecified atom stereocenters. The van der Waals surface area contributed by atoms with E-state index >= 15 is 0 Å². The van der Waals surface area contributed by atoms with Crippen LogP contribution in [0.25, 0.3) is 0 Å². The lowest BCUT2D eigenvalue weighted by atomic mass is 10.1. The summed E-state index contributed by atoms with van der Waals surface area (Å²) in [7, 11) is 3.10. The number of nitrogens with one attached hydrogen (secondary N) is 1. The molecule has 0 aliphatic carbocycles. The largest absolute Gasteiger partial charge is 0.416 e. The highest BCUT2D eigenvalue weighted by Gasteiger charge is 2.30. The van der Waals surface area contributed by atoms with Crippen molar-refractivity contribution in [3.63, 3.8) is 0 Å². The molecule has 0 fully saturated rings. The maximum atomic E-state index is 12.5. The molecule has 2 aromatic rings. The van der Waals surface area contributed by atoms with Gasteiger partial charge in [-0.15, -0.1) is 0 Å². The maximum absolute atomic E-state index is 12.5. The van der Waals surface area contributed by atoms with Gasteiger partial charge in [-0.05, 0) is 30.3 Å². The summed E-state index contributed by atoms with van der Waals surface area (Å²) in [5.41, 5.74) is -0.383. The van der Waals surface area contributed by atoms with Gasteiger partial charge in [-0.2, -0.15) is 13.2 Å². The number of benzene rings is 1. The maximum Gasteiger partial charge on any atom is 0.416 e. The first-order valence-corrected chi connectivity index (χ1v) is 6.84. The molecule has 2 rings (SSSR count). The molecule has 0 spiro atoms. The van der Waals surface area contributed by atoms with Gasteiger partial charge in [0, 0.05) is 32.1 Å². The van der Waals surface area contributed by atoms with Gasteiger partial charge < -0.3 is 10.2 Å². The summed E-state index contributed by atoms with van der Waals surface area (Å²) in [6, 6.07) is 5.25. The van der Waals surface area contributed by atoms with Crippen LogP contribution in [0.15, 0.2) is 42.7 Å². The molecule has 1 N–H and O–H groups in total. The molecule has 0 saturated carbocycles. The van der Waals surface area contributed by atoms with E-state index in [0.717, 1.165) is 24.3 Å². The molecule has 1 aromatic heterocycles. The number of anilines is 1. The Morgan fingerprint density at radius 2 is 1.71 bits per heavy atom. The van der Waals surface area contributed by atoms with Crippen LogP contribution in [0.4, 0.5) is 18.9 Å². The number of nitrogens with zero attached hydrogens (tertiary/aromatic N) is 2. The average molecular weight is 337 g/mol. The third kappa shape index (κ3) is 3.89. The van der Waals surface area contributed by atoms with E-state index in [1.54, 1.807) is 14.1 Å². The number of rotatable bonds is 3. The number of alkyl halides is 3. The van der Waals surface area contributed by atoms with Gasteiger partial charge in [0.15, 0.2) is 0 Å². The first kappa shape index (κ1) is 17.5. The Morgan fingerprint density at radius 3 is 2.25 bits per heavy atom. The monoisotopic (exact) mass is 337 g/mol. The van der Waals surface area contributed by atoms with Crippen molar-refractivity contribution in [1.82, 2.24) is 9.88 Å². The molecule has 0 radical (unpaired) electrons. The number of hydrogen-bond donors (Lipinski definition) is 1. The number of hydrogen-bond acceptors (Lipinski definition) is 3. The van der Waals surface area contributed by atoms with Crippen LogP contribution in [0.3, 0.4) is 0 Å². The van der Waals surface area contributed by atoms with Gasteiger partial charge in [0.05, 0.1) is 16.8 Å². The zero-order valence-corrected chi connectivity index (χ0v) is 12.9. The van der Waals surface area contributed by atoms with Crippen molar-refractivity contribution in [2.75, 3.05) is 19.4 Å². The molecule has 1 heterocycles. The van der Waals surface area contributed by atoms with E-state index < -0.39 is 17.6 Å². The topological polar surface area (TPSA) is 62.3 Å². The van der Waals surface area contributed by atoms with Crippen LogP contribution in [0.1, 0.15) is 26.3 Å². The lowest BCUT2D eigenvalue weighted by Crippen LogP contribution is -2.24. The van der Waals surface area contributed by atoms with Crippen LogP contribution in [0.2, 0.25) is 0 Å². The van der Waals surface area contributed by atoms with E-state index in [1.807, 2.05) is 0 Å². The predicted molar refractivity (Wildman–Crippen MR) is 81.7 cm³/mol. The van der Waals surface area contributed by atoms with E-state index in [1.165, 1.54) is 23.4 Å². The third-order valence-corrected chi connectivity index (χ3v) is 3.18. The Morgan fingerprint density at radius 1 is 1.08 bits per heavy atom. The van der Waals surface area contributed by atoms with Crippen LogP contribution in [0, 0.1) is 0 Å². The van der Waals surface area contributed by atoms with Crippen molar-refractivity contribution in [2.45, 2.75) is 6.18 Å². The number of amides is 2. The summed E-state index contributed by atoms with van der Waals surface area (Å²) in [6.07, 6.45) is -1.76. The molecule has 24 heavy (non-hydrogen) atoms.